The summed E-state index contributed by atoms with van der Waals surface area (Å²) in [5.41, 5.74) is 2.57. The van der Waals surface area contributed by atoms with Crippen molar-refractivity contribution >= 4 is 15.7 Å². The van der Waals surface area contributed by atoms with E-state index in [0.29, 0.717) is 13.1 Å². The van der Waals surface area contributed by atoms with Gasteiger partial charge in [0.1, 0.15) is 0 Å². The molecule has 126 valence electrons. The molecule has 23 heavy (non-hydrogen) atoms. The second-order valence-electron chi connectivity index (χ2n) is 6.49. The zero-order valence-corrected chi connectivity index (χ0v) is 14.1. The number of hydrogen-bond acceptors (Lipinski definition) is 4. The number of benzene rings is 1. The Bertz CT molecular complexity index is 658. The van der Waals surface area contributed by atoms with E-state index in [9.17, 15) is 13.2 Å². The third kappa shape index (κ3) is 4.32. The highest BCUT2D eigenvalue weighted by Gasteiger charge is 2.25. The van der Waals surface area contributed by atoms with Gasteiger partial charge < -0.3 is 5.32 Å². The summed E-state index contributed by atoms with van der Waals surface area (Å²) in [5, 5.41) is 3.15. The topological polar surface area (TPSA) is 66.5 Å². The van der Waals surface area contributed by atoms with Crippen molar-refractivity contribution in [3.63, 3.8) is 0 Å². The Morgan fingerprint density at radius 3 is 2.70 bits per heavy atom. The molecule has 0 radical (unpaired) electrons. The molecule has 5 nitrogen and oxygen atoms in total. The molecule has 1 aliphatic carbocycles. The monoisotopic (exact) mass is 336 g/mol. The summed E-state index contributed by atoms with van der Waals surface area (Å²) in [7, 11) is -2.90. The third-order valence-corrected chi connectivity index (χ3v) is 6.37. The van der Waals surface area contributed by atoms with Gasteiger partial charge in [0.25, 0.3) is 0 Å². The predicted molar refractivity (Wildman–Crippen MR) is 90.0 cm³/mol. The van der Waals surface area contributed by atoms with Gasteiger partial charge in [0.05, 0.1) is 24.1 Å². The van der Waals surface area contributed by atoms with E-state index in [1.807, 2.05) is 11.0 Å². The molecule has 6 heteroatoms. The second kappa shape index (κ2) is 7.01. The number of nitrogens with zero attached hydrogens (tertiary/aromatic N) is 1. The molecule has 3 rings (SSSR count). The van der Waals surface area contributed by atoms with E-state index in [1.54, 1.807) is 0 Å². The fourth-order valence-corrected chi connectivity index (χ4v) is 4.70. The molecule has 1 atom stereocenters. The molecule has 0 saturated carbocycles. The van der Waals surface area contributed by atoms with Gasteiger partial charge in [-0.25, -0.2) is 8.42 Å². The van der Waals surface area contributed by atoms with Gasteiger partial charge in [0, 0.05) is 13.1 Å². The van der Waals surface area contributed by atoms with E-state index in [-0.39, 0.29) is 30.0 Å². The van der Waals surface area contributed by atoms with Crippen molar-refractivity contribution in [2.45, 2.75) is 31.7 Å². The SMILES string of the molecule is O=C(CN1CCS(=O)(=O)CC1)N[C@@H]1CCCCc2ccccc21. The number of carbonyl (C=O) groups is 1. The lowest BCUT2D eigenvalue weighted by Crippen LogP contribution is -2.46. The molecule has 1 heterocycles. The average Bonchev–Trinajstić information content (AvgIpc) is 2.72. The third-order valence-electron chi connectivity index (χ3n) is 4.76. The fourth-order valence-electron chi connectivity index (χ4n) is 3.42. The number of amides is 1. The number of nitrogens with one attached hydrogen (secondary N) is 1. The van der Waals surface area contributed by atoms with Crippen molar-refractivity contribution in [2.75, 3.05) is 31.1 Å². The number of hydrogen-bond donors (Lipinski definition) is 1. The van der Waals surface area contributed by atoms with Gasteiger partial charge in [-0.3, -0.25) is 9.69 Å². The van der Waals surface area contributed by atoms with Crippen LogP contribution in [-0.2, 0) is 21.1 Å². The van der Waals surface area contributed by atoms with Gasteiger partial charge in [0.15, 0.2) is 9.84 Å². The fraction of sp³-hybridized carbons (Fsp3) is 0.588. The first-order valence-corrected chi connectivity index (χ1v) is 10.2. The molecular formula is C17H24N2O3S. The average molecular weight is 336 g/mol. The van der Waals surface area contributed by atoms with Crippen molar-refractivity contribution in [2.24, 2.45) is 0 Å². The maximum Gasteiger partial charge on any atom is 0.234 e. The minimum atomic E-state index is -2.90. The van der Waals surface area contributed by atoms with Crippen LogP contribution in [-0.4, -0.2) is 50.4 Å². The Labute approximate surface area is 138 Å². The van der Waals surface area contributed by atoms with Crippen molar-refractivity contribution in [3.05, 3.63) is 35.4 Å². The molecule has 1 aromatic rings. The van der Waals surface area contributed by atoms with Gasteiger partial charge in [-0.2, -0.15) is 0 Å². The Morgan fingerprint density at radius 1 is 1.17 bits per heavy atom. The Hall–Kier alpha value is -1.40. The standard InChI is InChI=1S/C17H24N2O3S/c20-17(13-19-9-11-23(21,22)12-10-19)18-16-8-4-2-6-14-5-1-3-7-15(14)16/h1,3,5,7,16H,2,4,6,8-13H2,(H,18,20)/t16-/m1/s1. The first kappa shape index (κ1) is 16.5. The zero-order valence-electron chi connectivity index (χ0n) is 13.3. The highest BCUT2D eigenvalue weighted by atomic mass is 32.2. The van der Waals surface area contributed by atoms with Gasteiger partial charge in [-0.1, -0.05) is 30.7 Å². The molecular weight excluding hydrogens is 312 g/mol. The van der Waals surface area contributed by atoms with Crippen molar-refractivity contribution in [3.8, 4) is 0 Å². The smallest absolute Gasteiger partial charge is 0.234 e. The summed E-state index contributed by atoms with van der Waals surface area (Å²) >= 11 is 0. The molecule has 1 N–H and O–H groups in total. The van der Waals surface area contributed by atoms with E-state index in [2.05, 4.69) is 23.5 Å². The first-order valence-electron chi connectivity index (χ1n) is 8.33. The minimum Gasteiger partial charge on any atom is -0.348 e. The van der Waals surface area contributed by atoms with Crippen LogP contribution in [0.15, 0.2) is 24.3 Å². The normalized spacial score (nSPS) is 24.4. The van der Waals surface area contributed by atoms with Crippen molar-refractivity contribution in [1.82, 2.24) is 10.2 Å². The van der Waals surface area contributed by atoms with Crippen molar-refractivity contribution in [1.29, 1.82) is 0 Å². The molecule has 0 unspecified atom stereocenters. The number of sulfone groups is 1. The Morgan fingerprint density at radius 2 is 1.91 bits per heavy atom. The van der Waals surface area contributed by atoms with Crippen LogP contribution >= 0.6 is 0 Å². The molecule has 1 fully saturated rings. The zero-order chi connectivity index (χ0) is 16.3. The molecule has 1 amide bonds. The van der Waals surface area contributed by atoms with E-state index < -0.39 is 9.84 Å². The lowest BCUT2D eigenvalue weighted by atomic mass is 9.99. The summed E-state index contributed by atoms with van der Waals surface area (Å²) in [5.74, 6) is 0.310. The lowest BCUT2D eigenvalue weighted by molar-refractivity contribution is -0.123. The molecule has 0 spiro atoms. The second-order valence-corrected chi connectivity index (χ2v) is 8.80. The summed E-state index contributed by atoms with van der Waals surface area (Å²) in [6.45, 7) is 1.20. The van der Waals surface area contributed by atoms with Crippen LogP contribution in [0.25, 0.3) is 0 Å². The summed E-state index contributed by atoms with van der Waals surface area (Å²) in [6, 6.07) is 8.42. The molecule has 0 aromatic heterocycles. The molecule has 0 bridgehead atoms. The van der Waals surface area contributed by atoms with Gasteiger partial charge in [0.2, 0.25) is 5.91 Å². The maximum absolute atomic E-state index is 12.4. The van der Waals surface area contributed by atoms with Gasteiger partial charge in [-0.05, 0) is 30.4 Å². The molecule has 1 saturated heterocycles. The highest BCUT2D eigenvalue weighted by Crippen LogP contribution is 2.28. The summed E-state index contributed by atoms with van der Waals surface area (Å²) in [6.07, 6.45) is 4.32. The number of fused-ring (bicyclic) bond motifs is 1. The number of rotatable bonds is 3. The quantitative estimate of drug-likeness (QED) is 0.845. The van der Waals surface area contributed by atoms with E-state index in [0.717, 1.165) is 25.7 Å². The minimum absolute atomic E-state index is 0.00833. The molecule has 2 aliphatic rings. The largest absolute Gasteiger partial charge is 0.348 e. The van der Waals surface area contributed by atoms with Crippen LogP contribution in [0, 0.1) is 0 Å². The maximum atomic E-state index is 12.4. The van der Waals surface area contributed by atoms with Crippen molar-refractivity contribution < 1.29 is 13.2 Å². The van der Waals surface area contributed by atoms with Crippen LogP contribution in [0.3, 0.4) is 0 Å². The summed E-state index contributed by atoms with van der Waals surface area (Å²) < 4.78 is 22.9. The molecule has 1 aromatic carbocycles. The van der Waals surface area contributed by atoms with Crippen LogP contribution in [0.5, 0.6) is 0 Å². The predicted octanol–water partition coefficient (Wildman–Crippen LogP) is 1.30. The van der Waals surface area contributed by atoms with E-state index in [4.69, 9.17) is 0 Å². The number of carbonyl (C=O) groups excluding carboxylic acids is 1. The molecule has 1 aliphatic heterocycles. The van der Waals surface area contributed by atoms with Crippen LogP contribution in [0.4, 0.5) is 0 Å². The van der Waals surface area contributed by atoms with Gasteiger partial charge >= 0.3 is 0 Å². The van der Waals surface area contributed by atoms with E-state index in [1.165, 1.54) is 11.1 Å². The first-order chi connectivity index (χ1) is 11.0. The van der Waals surface area contributed by atoms with Gasteiger partial charge in [-0.15, -0.1) is 0 Å². The van der Waals surface area contributed by atoms with Crippen LogP contribution < -0.4 is 5.32 Å². The van der Waals surface area contributed by atoms with E-state index >= 15 is 0 Å². The number of aryl methyl sites for hydroxylation is 1. The lowest BCUT2D eigenvalue weighted by Gasteiger charge is -2.27. The summed E-state index contributed by atoms with van der Waals surface area (Å²) in [4.78, 5) is 14.3. The Balaban J connectivity index is 1.60. The highest BCUT2D eigenvalue weighted by molar-refractivity contribution is 7.91. The van der Waals surface area contributed by atoms with Crippen LogP contribution in [0.2, 0.25) is 0 Å². The van der Waals surface area contributed by atoms with Crippen LogP contribution in [0.1, 0.15) is 36.4 Å². The Kier molecular flexibility index (Phi) is 5.02.